The van der Waals surface area contributed by atoms with Crippen molar-refractivity contribution >= 4 is 0 Å². The molecule has 0 saturated carbocycles. The van der Waals surface area contributed by atoms with Crippen LogP contribution in [0.25, 0.3) is 0 Å². The molecule has 1 rings (SSSR count). The van der Waals surface area contributed by atoms with Gasteiger partial charge in [-0.1, -0.05) is 51.1 Å². The second-order valence-corrected chi connectivity index (χ2v) is 5.30. The van der Waals surface area contributed by atoms with Gasteiger partial charge in [-0.15, -0.1) is 0 Å². The lowest BCUT2D eigenvalue weighted by molar-refractivity contribution is -0.0196. The predicted octanol–water partition coefficient (Wildman–Crippen LogP) is 2.92. The molecule has 1 aromatic rings. The standard InChI is InChI=1S/C15H25NO/c1-5-16(12-15(4,17)13(2)3)11-14-9-7-6-8-10-14/h6-10,13,17H,5,11-12H2,1-4H3. The second kappa shape index (κ2) is 6.18. The first kappa shape index (κ1) is 14.2. The third-order valence-corrected chi connectivity index (χ3v) is 3.48. The van der Waals surface area contributed by atoms with Crippen LogP contribution in [0.5, 0.6) is 0 Å². The molecule has 0 bridgehead atoms. The van der Waals surface area contributed by atoms with Gasteiger partial charge in [0.1, 0.15) is 0 Å². The van der Waals surface area contributed by atoms with E-state index < -0.39 is 5.60 Å². The van der Waals surface area contributed by atoms with Gasteiger partial charge in [0.25, 0.3) is 0 Å². The number of benzene rings is 1. The van der Waals surface area contributed by atoms with Crippen molar-refractivity contribution in [1.29, 1.82) is 0 Å². The minimum absolute atomic E-state index is 0.271. The number of nitrogens with zero attached hydrogens (tertiary/aromatic N) is 1. The number of hydrogen-bond donors (Lipinski definition) is 1. The Hall–Kier alpha value is -0.860. The third kappa shape index (κ3) is 4.49. The van der Waals surface area contributed by atoms with Crippen molar-refractivity contribution in [2.24, 2.45) is 5.92 Å². The topological polar surface area (TPSA) is 23.5 Å². The highest BCUT2D eigenvalue weighted by Gasteiger charge is 2.27. The van der Waals surface area contributed by atoms with Gasteiger partial charge in [0.2, 0.25) is 0 Å². The zero-order valence-corrected chi connectivity index (χ0v) is 11.5. The van der Waals surface area contributed by atoms with E-state index in [-0.39, 0.29) is 5.92 Å². The minimum Gasteiger partial charge on any atom is -0.389 e. The molecule has 1 aromatic carbocycles. The molecule has 0 radical (unpaired) electrons. The molecular formula is C15H25NO. The van der Waals surface area contributed by atoms with Crippen LogP contribution in [0.15, 0.2) is 30.3 Å². The van der Waals surface area contributed by atoms with Crippen molar-refractivity contribution in [1.82, 2.24) is 4.90 Å². The summed E-state index contributed by atoms with van der Waals surface area (Å²) in [6.45, 7) is 10.8. The van der Waals surface area contributed by atoms with Gasteiger partial charge in [-0.2, -0.15) is 0 Å². The fourth-order valence-electron chi connectivity index (χ4n) is 1.76. The van der Waals surface area contributed by atoms with Gasteiger partial charge in [-0.05, 0) is 24.9 Å². The summed E-state index contributed by atoms with van der Waals surface area (Å²) in [5, 5.41) is 10.3. The fraction of sp³-hybridized carbons (Fsp3) is 0.600. The van der Waals surface area contributed by atoms with E-state index in [0.29, 0.717) is 0 Å². The smallest absolute Gasteiger partial charge is 0.0768 e. The molecule has 0 fully saturated rings. The average Bonchev–Trinajstić information content (AvgIpc) is 2.29. The summed E-state index contributed by atoms with van der Waals surface area (Å²) in [6.07, 6.45) is 0. The van der Waals surface area contributed by atoms with E-state index in [1.165, 1.54) is 5.56 Å². The van der Waals surface area contributed by atoms with Crippen LogP contribution in [0.1, 0.15) is 33.3 Å². The summed E-state index contributed by atoms with van der Waals surface area (Å²) in [6, 6.07) is 10.4. The highest BCUT2D eigenvalue weighted by Crippen LogP contribution is 2.18. The van der Waals surface area contributed by atoms with E-state index >= 15 is 0 Å². The lowest BCUT2D eigenvalue weighted by Gasteiger charge is -2.34. The van der Waals surface area contributed by atoms with E-state index in [1.54, 1.807) is 0 Å². The van der Waals surface area contributed by atoms with Crippen LogP contribution >= 0.6 is 0 Å². The van der Waals surface area contributed by atoms with Crippen LogP contribution in [0, 0.1) is 5.92 Å². The SMILES string of the molecule is CCN(Cc1ccccc1)CC(C)(O)C(C)C. The van der Waals surface area contributed by atoms with Gasteiger partial charge in [-0.3, -0.25) is 4.90 Å². The van der Waals surface area contributed by atoms with Gasteiger partial charge in [-0.25, -0.2) is 0 Å². The Morgan fingerprint density at radius 1 is 1.24 bits per heavy atom. The summed E-state index contributed by atoms with van der Waals surface area (Å²) in [5.74, 6) is 0.271. The van der Waals surface area contributed by atoms with Crippen molar-refractivity contribution in [3.63, 3.8) is 0 Å². The molecule has 2 heteroatoms. The number of hydrogen-bond acceptors (Lipinski definition) is 2. The van der Waals surface area contributed by atoms with E-state index in [2.05, 4.69) is 49.9 Å². The van der Waals surface area contributed by atoms with E-state index in [9.17, 15) is 5.11 Å². The normalized spacial score (nSPS) is 15.2. The molecule has 0 heterocycles. The van der Waals surface area contributed by atoms with Crippen LogP contribution in [0.3, 0.4) is 0 Å². The molecule has 0 aliphatic carbocycles. The van der Waals surface area contributed by atoms with Crippen molar-refractivity contribution in [3.8, 4) is 0 Å². The van der Waals surface area contributed by atoms with Gasteiger partial charge in [0, 0.05) is 13.1 Å². The number of aliphatic hydroxyl groups is 1. The van der Waals surface area contributed by atoms with Crippen LogP contribution in [0.4, 0.5) is 0 Å². The van der Waals surface area contributed by atoms with E-state index in [0.717, 1.165) is 19.6 Å². The molecule has 96 valence electrons. The van der Waals surface area contributed by atoms with Gasteiger partial charge in [0.15, 0.2) is 0 Å². The zero-order valence-electron chi connectivity index (χ0n) is 11.5. The number of likely N-dealkylation sites (N-methyl/N-ethyl adjacent to an activating group) is 1. The Kier molecular flexibility index (Phi) is 5.16. The maximum absolute atomic E-state index is 10.3. The minimum atomic E-state index is -0.620. The zero-order chi connectivity index (χ0) is 12.9. The molecule has 0 spiro atoms. The molecule has 0 amide bonds. The highest BCUT2D eigenvalue weighted by molar-refractivity contribution is 5.14. The molecule has 2 nitrogen and oxygen atoms in total. The molecule has 1 N–H and O–H groups in total. The van der Waals surface area contributed by atoms with Crippen molar-refractivity contribution in [3.05, 3.63) is 35.9 Å². The third-order valence-electron chi connectivity index (χ3n) is 3.48. The summed E-state index contributed by atoms with van der Waals surface area (Å²) in [4.78, 5) is 2.29. The van der Waals surface area contributed by atoms with Crippen LogP contribution in [-0.4, -0.2) is 28.7 Å². The van der Waals surface area contributed by atoms with Crippen LogP contribution in [0.2, 0.25) is 0 Å². The molecule has 0 saturated heterocycles. The molecule has 0 aromatic heterocycles. The Bertz CT molecular complexity index is 319. The predicted molar refractivity (Wildman–Crippen MR) is 72.9 cm³/mol. The Morgan fingerprint density at radius 2 is 1.82 bits per heavy atom. The highest BCUT2D eigenvalue weighted by atomic mass is 16.3. The van der Waals surface area contributed by atoms with Crippen LogP contribution < -0.4 is 0 Å². The Balaban J connectivity index is 2.61. The van der Waals surface area contributed by atoms with Gasteiger partial charge in [0.05, 0.1) is 5.60 Å². The molecule has 0 aliphatic heterocycles. The second-order valence-electron chi connectivity index (χ2n) is 5.30. The largest absolute Gasteiger partial charge is 0.389 e. The lowest BCUT2D eigenvalue weighted by atomic mass is 9.92. The molecule has 1 unspecified atom stereocenters. The monoisotopic (exact) mass is 235 g/mol. The first-order valence-electron chi connectivity index (χ1n) is 6.44. The van der Waals surface area contributed by atoms with E-state index in [1.807, 2.05) is 13.0 Å². The molecule has 0 aliphatic rings. The van der Waals surface area contributed by atoms with Gasteiger partial charge >= 0.3 is 0 Å². The fourth-order valence-corrected chi connectivity index (χ4v) is 1.76. The maximum atomic E-state index is 10.3. The number of rotatable bonds is 6. The van der Waals surface area contributed by atoms with E-state index in [4.69, 9.17) is 0 Å². The Morgan fingerprint density at radius 3 is 2.29 bits per heavy atom. The molecule has 17 heavy (non-hydrogen) atoms. The maximum Gasteiger partial charge on any atom is 0.0768 e. The van der Waals surface area contributed by atoms with Crippen molar-refractivity contribution in [2.45, 2.75) is 39.8 Å². The van der Waals surface area contributed by atoms with Crippen molar-refractivity contribution in [2.75, 3.05) is 13.1 Å². The van der Waals surface area contributed by atoms with Crippen molar-refractivity contribution < 1.29 is 5.11 Å². The lowest BCUT2D eigenvalue weighted by Crippen LogP contribution is -2.44. The molecule has 1 atom stereocenters. The summed E-state index contributed by atoms with van der Waals surface area (Å²) in [5.41, 5.74) is 0.680. The summed E-state index contributed by atoms with van der Waals surface area (Å²) >= 11 is 0. The first-order valence-corrected chi connectivity index (χ1v) is 6.44. The summed E-state index contributed by atoms with van der Waals surface area (Å²) < 4.78 is 0. The quantitative estimate of drug-likeness (QED) is 0.819. The summed E-state index contributed by atoms with van der Waals surface area (Å²) in [7, 11) is 0. The molecular weight excluding hydrogens is 210 g/mol. The first-order chi connectivity index (χ1) is 7.95. The van der Waals surface area contributed by atoms with Gasteiger partial charge < -0.3 is 5.11 Å². The van der Waals surface area contributed by atoms with Crippen LogP contribution in [-0.2, 0) is 6.54 Å². The Labute approximate surface area is 105 Å². The average molecular weight is 235 g/mol.